The maximum Gasteiger partial charge on any atom is 0.222 e. The summed E-state index contributed by atoms with van der Waals surface area (Å²) < 4.78 is 1.67. The molecule has 1 amide bonds. The van der Waals surface area contributed by atoms with Gasteiger partial charge in [0.2, 0.25) is 5.91 Å². The first kappa shape index (κ1) is 16.2. The van der Waals surface area contributed by atoms with Crippen molar-refractivity contribution in [2.75, 3.05) is 7.05 Å². The minimum atomic E-state index is 0.109. The van der Waals surface area contributed by atoms with Crippen LogP contribution in [0, 0.1) is 0 Å². The van der Waals surface area contributed by atoms with Gasteiger partial charge >= 0.3 is 0 Å². The number of amides is 1. The van der Waals surface area contributed by atoms with Crippen LogP contribution in [0.3, 0.4) is 0 Å². The number of carbonyl (C=O) groups excluding carboxylic acids is 1. The molecule has 21 heavy (non-hydrogen) atoms. The molecular weight excluding hydrogens is 290 g/mol. The summed E-state index contributed by atoms with van der Waals surface area (Å²) in [5.74, 6) is 1.06. The van der Waals surface area contributed by atoms with Gasteiger partial charge in [-0.2, -0.15) is 0 Å². The highest BCUT2D eigenvalue weighted by atomic mass is 35.5. The third-order valence-electron chi connectivity index (χ3n) is 4.29. The van der Waals surface area contributed by atoms with E-state index in [0.717, 1.165) is 37.9 Å². The van der Waals surface area contributed by atoms with E-state index in [4.69, 9.17) is 11.6 Å². The normalized spacial score (nSPS) is 22.2. The van der Waals surface area contributed by atoms with Gasteiger partial charge in [0, 0.05) is 33.0 Å². The summed E-state index contributed by atoms with van der Waals surface area (Å²) in [5.41, 5.74) is 0. The quantitative estimate of drug-likeness (QED) is 0.594. The molecule has 2 unspecified atom stereocenters. The fraction of sp³-hybridized carbons (Fsp3) is 0.857. The fourth-order valence-electron chi connectivity index (χ4n) is 2.88. The van der Waals surface area contributed by atoms with Gasteiger partial charge in [0.05, 0.1) is 5.38 Å². The van der Waals surface area contributed by atoms with Gasteiger partial charge in [-0.25, -0.2) is 4.68 Å². The first-order valence-electron chi connectivity index (χ1n) is 7.70. The van der Waals surface area contributed by atoms with Gasteiger partial charge in [-0.15, -0.1) is 16.7 Å². The van der Waals surface area contributed by atoms with Crippen LogP contribution in [0.1, 0.15) is 50.8 Å². The first-order chi connectivity index (χ1) is 10.1. The van der Waals surface area contributed by atoms with Crippen LogP contribution >= 0.6 is 11.6 Å². The lowest BCUT2D eigenvalue weighted by atomic mass is 9.93. The topological polar surface area (TPSA) is 63.9 Å². The molecule has 0 aliphatic heterocycles. The van der Waals surface area contributed by atoms with E-state index < -0.39 is 0 Å². The lowest BCUT2D eigenvalue weighted by Gasteiger charge is -2.35. The zero-order valence-corrected chi connectivity index (χ0v) is 13.6. The molecule has 1 fully saturated rings. The average molecular weight is 314 g/mol. The predicted molar refractivity (Wildman–Crippen MR) is 81.0 cm³/mol. The molecule has 6 nitrogen and oxygen atoms in total. The van der Waals surface area contributed by atoms with Crippen LogP contribution in [-0.4, -0.2) is 49.5 Å². The minimum Gasteiger partial charge on any atom is -0.341 e. The molecule has 0 saturated heterocycles. The highest BCUT2D eigenvalue weighted by Gasteiger charge is 2.28. The molecule has 7 heteroatoms. The van der Waals surface area contributed by atoms with Crippen LogP contribution in [0.5, 0.6) is 0 Å². The number of aromatic nitrogens is 4. The predicted octanol–water partition coefficient (Wildman–Crippen LogP) is 1.93. The molecule has 0 spiro atoms. The number of alkyl halides is 1. The second kappa shape index (κ2) is 7.73. The summed E-state index contributed by atoms with van der Waals surface area (Å²) >= 11 is 6.35. The van der Waals surface area contributed by atoms with Gasteiger partial charge in [-0.3, -0.25) is 4.79 Å². The van der Waals surface area contributed by atoms with Crippen molar-refractivity contribution in [3.63, 3.8) is 0 Å². The van der Waals surface area contributed by atoms with E-state index in [9.17, 15) is 4.79 Å². The van der Waals surface area contributed by atoms with E-state index in [-0.39, 0.29) is 17.3 Å². The van der Waals surface area contributed by atoms with E-state index in [1.807, 2.05) is 19.0 Å². The summed E-state index contributed by atoms with van der Waals surface area (Å²) in [6.07, 6.45) is 7.55. The molecule has 0 radical (unpaired) electrons. The van der Waals surface area contributed by atoms with Gasteiger partial charge in [0.1, 0.15) is 0 Å². The lowest BCUT2D eigenvalue weighted by Crippen LogP contribution is -2.44. The van der Waals surface area contributed by atoms with Crippen LogP contribution in [0.15, 0.2) is 0 Å². The zero-order valence-electron chi connectivity index (χ0n) is 12.8. The standard InChI is InChI=1S/C14H24ClN5O/c1-19(12-8-4-3-7-11(12)15)14(21)10-6-5-9-13-16-17-18-20(13)2/h11-12H,3-10H2,1-2H3. The van der Waals surface area contributed by atoms with E-state index in [2.05, 4.69) is 15.5 Å². The Kier molecular flexibility index (Phi) is 5.96. The molecule has 2 rings (SSSR count). The molecule has 1 aliphatic carbocycles. The van der Waals surface area contributed by atoms with Crippen LogP contribution < -0.4 is 0 Å². The Morgan fingerprint density at radius 1 is 1.38 bits per heavy atom. The number of carbonyl (C=O) groups is 1. The first-order valence-corrected chi connectivity index (χ1v) is 8.14. The third kappa shape index (κ3) is 4.40. The zero-order chi connectivity index (χ0) is 15.2. The van der Waals surface area contributed by atoms with Gasteiger partial charge in [0.15, 0.2) is 5.82 Å². The molecule has 0 N–H and O–H groups in total. The van der Waals surface area contributed by atoms with Crippen LogP contribution in [0.2, 0.25) is 0 Å². The van der Waals surface area contributed by atoms with Crippen molar-refractivity contribution in [2.45, 2.75) is 62.8 Å². The third-order valence-corrected chi connectivity index (χ3v) is 4.80. The van der Waals surface area contributed by atoms with Crippen molar-refractivity contribution in [1.29, 1.82) is 0 Å². The smallest absolute Gasteiger partial charge is 0.222 e. The number of hydrogen-bond acceptors (Lipinski definition) is 4. The van der Waals surface area contributed by atoms with Crippen molar-refractivity contribution in [1.82, 2.24) is 25.1 Å². The molecule has 1 heterocycles. The Morgan fingerprint density at radius 3 is 2.81 bits per heavy atom. The Labute approximate surface area is 130 Å². The molecule has 2 atom stereocenters. The molecule has 1 aromatic rings. The number of rotatable bonds is 6. The largest absolute Gasteiger partial charge is 0.341 e. The number of nitrogens with zero attached hydrogens (tertiary/aromatic N) is 5. The van der Waals surface area contributed by atoms with Gasteiger partial charge in [-0.1, -0.05) is 12.8 Å². The monoisotopic (exact) mass is 313 g/mol. The van der Waals surface area contributed by atoms with Crippen molar-refractivity contribution < 1.29 is 4.79 Å². The minimum absolute atomic E-state index is 0.109. The van der Waals surface area contributed by atoms with Gasteiger partial charge in [0.25, 0.3) is 0 Å². The molecule has 1 aromatic heterocycles. The number of hydrogen-bond donors (Lipinski definition) is 0. The maximum atomic E-state index is 12.2. The Bertz CT molecular complexity index is 464. The van der Waals surface area contributed by atoms with Crippen LogP contribution in [-0.2, 0) is 18.3 Å². The van der Waals surface area contributed by atoms with Crippen molar-refractivity contribution >= 4 is 17.5 Å². The summed E-state index contributed by atoms with van der Waals surface area (Å²) in [6, 6.07) is 0.204. The van der Waals surface area contributed by atoms with E-state index >= 15 is 0 Å². The molecule has 1 aliphatic rings. The summed E-state index contributed by atoms with van der Waals surface area (Å²) in [4.78, 5) is 14.1. The average Bonchev–Trinajstić information content (AvgIpc) is 2.88. The van der Waals surface area contributed by atoms with E-state index in [0.29, 0.717) is 6.42 Å². The second-order valence-corrected chi connectivity index (χ2v) is 6.36. The number of tetrazole rings is 1. The van der Waals surface area contributed by atoms with Crippen LogP contribution in [0.4, 0.5) is 0 Å². The van der Waals surface area contributed by atoms with Crippen molar-refractivity contribution in [2.24, 2.45) is 7.05 Å². The van der Waals surface area contributed by atoms with Crippen molar-refractivity contribution in [3.05, 3.63) is 5.82 Å². The van der Waals surface area contributed by atoms with Gasteiger partial charge in [-0.05, 0) is 36.1 Å². The van der Waals surface area contributed by atoms with E-state index in [1.54, 1.807) is 4.68 Å². The summed E-state index contributed by atoms with van der Waals surface area (Å²) in [6.45, 7) is 0. The second-order valence-electron chi connectivity index (χ2n) is 5.80. The SMILES string of the molecule is CN(C(=O)CCCCc1nnnn1C)C1CCCCC1Cl. The number of unbranched alkanes of at least 4 members (excludes halogenated alkanes) is 1. The van der Waals surface area contributed by atoms with E-state index in [1.165, 1.54) is 12.8 Å². The highest BCUT2D eigenvalue weighted by molar-refractivity contribution is 6.21. The maximum absolute atomic E-state index is 12.2. The molecule has 0 bridgehead atoms. The Balaban J connectivity index is 1.70. The summed E-state index contributed by atoms with van der Waals surface area (Å²) in [7, 11) is 3.72. The molecule has 0 aromatic carbocycles. The molecular formula is C14H24ClN5O. The fourth-order valence-corrected chi connectivity index (χ4v) is 3.33. The van der Waals surface area contributed by atoms with Crippen LogP contribution in [0.25, 0.3) is 0 Å². The number of aryl methyl sites for hydroxylation is 2. The van der Waals surface area contributed by atoms with Gasteiger partial charge < -0.3 is 4.90 Å². The Morgan fingerprint density at radius 2 is 2.14 bits per heavy atom. The lowest BCUT2D eigenvalue weighted by molar-refractivity contribution is -0.132. The molecule has 118 valence electrons. The van der Waals surface area contributed by atoms with Crippen molar-refractivity contribution in [3.8, 4) is 0 Å². The summed E-state index contributed by atoms with van der Waals surface area (Å²) in [5, 5.41) is 11.4. The molecule has 1 saturated carbocycles. The highest BCUT2D eigenvalue weighted by Crippen LogP contribution is 2.27. The Hall–Kier alpha value is -1.17. The number of halogens is 1.